The summed E-state index contributed by atoms with van der Waals surface area (Å²) in [7, 11) is 0. The molecule has 0 aliphatic heterocycles. The van der Waals surface area contributed by atoms with Crippen molar-refractivity contribution in [3.8, 4) is 0 Å². The largest absolute Gasteiger partial charge is 0.396 e. The lowest BCUT2D eigenvalue weighted by Crippen LogP contribution is -1.93. The standard InChI is InChI=1S/C6H9N3OS/c7-5-3-8-6(9-4-5)11-2-1-10/h3-4,10H,1-2,7H2. The summed E-state index contributed by atoms with van der Waals surface area (Å²) in [6.07, 6.45) is 3.10. The van der Waals surface area contributed by atoms with E-state index in [-0.39, 0.29) is 6.61 Å². The molecule has 1 aromatic rings. The average Bonchev–Trinajstić information content (AvgIpc) is 2.04. The van der Waals surface area contributed by atoms with E-state index in [9.17, 15) is 0 Å². The van der Waals surface area contributed by atoms with Gasteiger partial charge in [0.25, 0.3) is 0 Å². The monoisotopic (exact) mass is 171 g/mol. The van der Waals surface area contributed by atoms with Gasteiger partial charge in [-0.2, -0.15) is 0 Å². The van der Waals surface area contributed by atoms with Crippen LogP contribution in [0.4, 0.5) is 5.69 Å². The van der Waals surface area contributed by atoms with Crippen LogP contribution in [0.3, 0.4) is 0 Å². The molecule has 0 saturated heterocycles. The maximum atomic E-state index is 8.48. The Morgan fingerprint density at radius 1 is 1.45 bits per heavy atom. The zero-order chi connectivity index (χ0) is 8.10. The third-order valence-corrected chi connectivity index (χ3v) is 1.83. The molecule has 0 fully saturated rings. The van der Waals surface area contributed by atoms with Gasteiger partial charge in [-0.3, -0.25) is 0 Å². The minimum atomic E-state index is 0.137. The van der Waals surface area contributed by atoms with Gasteiger partial charge in [-0.1, -0.05) is 11.8 Å². The van der Waals surface area contributed by atoms with Gasteiger partial charge in [-0.05, 0) is 0 Å². The van der Waals surface area contributed by atoms with Crippen LogP contribution < -0.4 is 5.73 Å². The van der Waals surface area contributed by atoms with E-state index in [4.69, 9.17) is 10.8 Å². The number of hydrogen-bond acceptors (Lipinski definition) is 5. The van der Waals surface area contributed by atoms with E-state index in [1.165, 1.54) is 11.8 Å². The highest BCUT2D eigenvalue weighted by atomic mass is 32.2. The molecule has 1 aromatic heterocycles. The third-order valence-electron chi connectivity index (χ3n) is 0.971. The summed E-state index contributed by atoms with van der Waals surface area (Å²) in [6, 6.07) is 0. The minimum Gasteiger partial charge on any atom is -0.396 e. The van der Waals surface area contributed by atoms with Crippen molar-refractivity contribution in [3.63, 3.8) is 0 Å². The first-order valence-corrected chi connectivity index (χ1v) is 4.12. The summed E-state index contributed by atoms with van der Waals surface area (Å²) < 4.78 is 0. The normalized spacial score (nSPS) is 9.91. The molecule has 0 spiro atoms. The summed E-state index contributed by atoms with van der Waals surface area (Å²) in [5.74, 6) is 0.615. The number of anilines is 1. The van der Waals surface area contributed by atoms with Crippen molar-refractivity contribution in [2.75, 3.05) is 18.1 Å². The Labute approximate surface area is 68.9 Å². The minimum absolute atomic E-state index is 0.137. The predicted molar refractivity (Wildman–Crippen MR) is 44.3 cm³/mol. The molecule has 0 radical (unpaired) electrons. The molecule has 0 saturated carbocycles. The van der Waals surface area contributed by atoms with Gasteiger partial charge in [0.1, 0.15) is 0 Å². The van der Waals surface area contributed by atoms with E-state index >= 15 is 0 Å². The Balaban J connectivity index is 2.52. The van der Waals surface area contributed by atoms with Crippen LogP contribution >= 0.6 is 11.8 Å². The first kappa shape index (κ1) is 8.29. The van der Waals surface area contributed by atoms with Crippen LogP contribution in [0.1, 0.15) is 0 Å². The highest BCUT2D eigenvalue weighted by molar-refractivity contribution is 7.99. The quantitative estimate of drug-likeness (QED) is 0.500. The van der Waals surface area contributed by atoms with Crippen LogP contribution in [0.15, 0.2) is 17.6 Å². The molecule has 11 heavy (non-hydrogen) atoms. The molecule has 5 heteroatoms. The number of aromatic nitrogens is 2. The molecular formula is C6H9N3OS. The van der Waals surface area contributed by atoms with E-state index < -0.39 is 0 Å². The lowest BCUT2D eigenvalue weighted by Gasteiger charge is -1.96. The summed E-state index contributed by atoms with van der Waals surface area (Å²) in [5, 5.41) is 9.13. The third kappa shape index (κ3) is 2.73. The second-order valence-corrected chi connectivity index (χ2v) is 2.93. The van der Waals surface area contributed by atoms with Gasteiger partial charge in [0.05, 0.1) is 24.7 Å². The first-order valence-electron chi connectivity index (χ1n) is 3.14. The van der Waals surface area contributed by atoms with Crippen LogP contribution in [-0.4, -0.2) is 27.4 Å². The Kier molecular flexibility index (Phi) is 3.13. The second-order valence-electron chi connectivity index (χ2n) is 1.87. The fourth-order valence-corrected chi connectivity index (χ4v) is 1.07. The van der Waals surface area contributed by atoms with E-state index in [2.05, 4.69) is 9.97 Å². The van der Waals surface area contributed by atoms with E-state index in [1.54, 1.807) is 12.4 Å². The maximum Gasteiger partial charge on any atom is 0.187 e. The number of nitrogens with two attached hydrogens (primary N) is 1. The second kappa shape index (κ2) is 4.15. The van der Waals surface area contributed by atoms with Crippen molar-refractivity contribution < 1.29 is 5.11 Å². The smallest absolute Gasteiger partial charge is 0.187 e. The highest BCUT2D eigenvalue weighted by Crippen LogP contribution is 2.10. The molecule has 0 aromatic carbocycles. The molecule has 60 valence electrons. The van der Waals surface area contributed by atoms with Crippen LogP contribution in [0.2, 0.25) is 0 Å². The van der Waals surface area contributed by atoms with Gasteiger partial charge in [-0.15, -0.1) is 0 Å². The molecule has 4 nitrogen and oxygen atoms in total. The Bertz CT molecular complexity index is 214. The van der Waals surface area contributed by atoms with Crippen molar-refractivity contribution in [2.45, 2.75) is 5.16 Å². The van der Waals surface area contributed by atoms with Crippen molar-refractivity contribution in [3.05, 3.63) is 12.4 Å². The SMILES string of the molecule is Nc1cnc(SCCO)nc1. The van der Waals surface area contributed by atoms with Crippen molar-refractivity contribution in [1.82, 2.24) is 9.97 Å². The summed E-state index contributed by atoms with van der Waals surface area (Å²) >= 11 is 1.40. The lowest BCUT2D eigenvalue weighted by atomic mass is 10.6. The van der Waals surface area contributed by atoms with Crippen molar-refractivity contribution >= 4 is 17.4 Å². The number of hydrogen-bond donors (Lipinski definition) is 2. The van der Waals surface area contributed by atoms with E-state index in [1.807, 2.05) is 0 Å². The lowest BCUT2D eigenvalue weighted by molar-refractivity contribution is 0.322. The fourth-order valence-electron chi connectivity index (χ4n) is 0.538. The molecule has 0 aliphatic rings. The van der Waals surface area contributed by atoms with Crippen LogP contribution in [-0.2, 0) is 0 Å². The molecule has 0 unspecified atom stereocenters. The molecule has 3 N–H and O–H groups in total. The van der Waals surface area contributed by atoms with Gasteiger partial charge in [-0.25, -0.2) is 9.97 Å². The number of nitrogens with zero attached hydrogens (tertiary/aromatic N) is 2. The predicted octanol–water partition coefficient (Wildman–Crippen LogP) is 0.143. The van der Waals surface area contributed by atoms with Gasteiger partial charge in [0.15, 0.2) is 5.16 Å². The van der Waals surface area contributed by atoms with E-state index in [0.29, 0.717) is 16.6 Å². The van der Waals surface area contributed by atoms with Gasteiger partial charge >= 0.3 is 0 Å². The number of aliphatic hydroxyl groups is 1. The molecule has 0 aliphatic carbocycles. The Morgan fingerprint density at radius 2 is 2.09 bits per heavy atom. The molecule has 1 heterocycles. The summed E-state index contributed by atoms with van der Waals surface area (Å²) in [5.41, 5.74) is 5.93. The van der Waals surface area contributed by atoms with Crippen LogP contribution in [0, 0.1) is 0 Å². The van der Waals surface area contributed by atoms with Gasteiger partial charge in [0.2, 0.25) is 0 Å². The molecule has 1 rings (SSSR count). The van der Waals surface area contributed by atoms with Gasteiger partial charge in [0, 0.05) is 5.75 Å². The Hall–Kier alpha value is -0.810. The topological polar surface area (TPSA) is 72.0 Å². The number of aliphatic hydroxyl groups excluding tert-OH is 1. The summed E-state index contributed by atoms with van der Waals surface area (Å²) in [4.78, 5) is 7.86. The molecular weight excluding hydrogens is 162 g/mol. The van der Waals surface area contributed by atoms with Crippen LogP contribution in [0.5, 0.6) is 0 Å². The zero-order valence-electron chi connectivity index (χ0n) is 5.90. The number of rotatable bonds is 3. The molecule has 0 amide bonds. The van der Waals surface area contributed by atoms with Crippen molar-refractivity contribution in [1.29, 1.82) is 0 Å². The van der Waals surface area contributed by atoms with Crippen LogP contribution in [0.25, 0.3) is 0 Å². The Morgan fingerprint density at radius 3 is 2.64 bits per heavy atom. The highest BCUT2D eigenvalue weighted by Gasteiger charge is 1.94. The molecule has 0 atom stereocenters. The first-order chi connectivity index (χ1) is 5.33. The zero-order valence-corrected chi connectivity index (χ0v) is 6.71. The summed E-state index contributed by atoms with van der Waals surface area (Å²) in [6.45, 7) is 0.137. The van der Waals surface area contributed by atoms with E-state index in [0.717, 1.165) is 0 Å². The fraction of sp³-hybridized carbons (Fsp3) is 0.333. The maximum absolute atomic E-state index is 8.48. The average molecular weight is 171 g/mol. The van der Waals surface area contributed by atoms with Crippen molar-refractivity contribution in [2.24, 2.45) is 0 Å². The molecule has 0 bridgehead atoms. The number of thioether (sulfide) groups is 1. The van der Waals surface area contributed by atoms with Gasteiger partial charge < -0.3 is 10.8 Å². The number of nitrogen functional groups attached to an aromatic ring is 1.